The summed E-state index contributed by atoms with van der Waals surface area (Å²) in [7, 11) is 0. The van der Waals surface area contributed by atoms with Crippen LogP contribution in [-0.2, 0) is 14.4 Å². The first kappa shape index (κ1) is 14.2. The Morgan fingerprint density at radius 2 is 1.94 bits per heavy atom. The summed E-state index contributed by atoms with van der Waals surface area (Å²) in [6, 6.07) is -0.743. The summed E-state index contributed by atoms with van der Waals surface area (Å²) in [5, 5.41) is 10.6. The van der Waals surface area contributed by atoms with Crippen molar-refractivity contribution in [1.29, 1.82) is 0 Å². The SMILES string of the molecule is CC(C)(CC(N)=O)NC(=O)NOCC(=O)O. The van der Waals surface area contributed by atoms with Crippen LogP contribution in [0.3, 0.4) is 0 Å². The second-order valence-electron chi connectivity index (χ2n) is 3.77. The van der Waals surface area contributed by atoms with Crippen LogP contribution in [0.15, 0.2) is 0 Å². The Morgan fingerprint density at radius 1 is 1.38 bits per heavy atom. The van der Waals surface area contributed by atoms with E-state index in [1.165, 1.54) is 0 Å². The van der Waals surface area contributed by atoms with Crippen LogP contribution in [0.25, 0.3) is 0 Å². The Morgan fingerprint density at radius 3 is 2.38 bits per heavy atom. The van der Waals surface area contributed by atoms with Crippen molar-refractivity contribution in [3.63, 3.8) is 0 Å². The van der Waals surface area contributed by atoms with Gasteiger partial charge in [-0.2, -0.15) is 0 Å². The minimum atomic E-state index is -1.21. The van der Waals surface area contributed by atoms with Gasteiger partial charge >= 0.3 is 12.0 Å². The van der Waals surface area contributed by atoms with Crippen molar-refractivity contribution < 1.29 is 24.3 Å². The van der Waals surface area contributed by atoms with Gasteiger partial charge in [-0.3, -0.25) is 9.63 Å². The van der Waals surface area contributed by atoms with Crippen molar-refractivity contribution in [2.24, 2.45) is 5.73 Å². The molecule has 0 aromatic rings. The molecule has 0 heterocycles. The largest absolute Gasteiger partial charge is 0.479 e. The summed E-state index contributed by atoms with van der Waals surface area (Å²) in [4.78, 5) is 36.2. The van der Waals surface area contributed by atoms with E-state index in [1.54, 1.807) is 13.8 Å². The molecule has 0 unspecified atom stereocenters. The van der Waals surface area contributed by atoms with Crippen LogP contribution in [0.2, 0.25) is 0 Å². The lowest BCUT2D eigenvalue weighted by molar-refractivity contribution is -0.144. The third kappa shape index (κ3) is 7.56. The van der Waals surface area contributed by atoms with Gasteiger partial charge in [0.1, 0.15) is 0 Å². The highest BCUT2D eigenvalue weighted by Crippen LogP contribution is 2.06. The molecule has 8 heteroatoms. The fourth-order valence-corrected chi connectivity index (χ4v) is 0.976. The summed E-state index contributed by atoms with van der Waals surface area (Å²) < 4.78 is 0. The van der Waals surface area contributed by atoms with Crippen LogP contribution in [0.5, 0.6) is 0 Å². The highest BCUT2D eigenvalue weighted by molar-refractivity contribution is 5.78. The van der Waals surface area contributed by atoms with E-state index in [-0.39, 0.29) is 6.42 Å². The number of hydroxylamine groups is 1. The van der Waals surface area contributed by atoms with Crippen molar-refractivity contribution in [2.75, 3.05) is 6.61 Å². The fraction of sp³-hybridized carbons (Fsp3) is 0.625. The molecule has 0 radical (unpaired) electrons. The van der Waals surface area contributed by atoms with Gasteiger partial charge in [-0.1, -0.05) is 0 Å². The molecule has 0 aromatic carbocycles. The molecule has 0 saturated heterocycles. The molecule has 0 aliphatic rings. The molecule has 0 spiro atoms. The second-order valence-corrected chi connectivity index (χ2v) is 3.77. The van der Waals surface area contributed by atoms with Gasteiger partial charge in [-0.25, -0.2) is 15.1 Å². The number of hydrogen-bond acceptors (Lipinski definition) is 4. The van der Waals surface area contributed by atoms with Gasteiger partial charge in [0, 0.05) is 12.0 Å². The fourth-order valence-electron chi connectivity index (χ4n) is 0.976. The third-order valence-electron chi connectivity index (χ3n) is 1.43. The quantitative estimate of drug-likeness (QED) is 0.435. The van der Waals surface area contributed by atoms with Gasteiger partial charge in [0.15, 0.2) is 6.61 Å². The van der Waals surface area contributed by atoms with Crippen LogP contribution < -0.4 is 16.5 Å². The summed E-state index contributed by atoms with van der Waals surface area (Å²) in [5.41, 5.74) is 6.00. The lowest BCUT2D eigenvalue weighted by Crippen LogP contribution is -2.50. The molecule has 8 nitrogen and oxygen atoms in total. The van der Waals surface area contributed by atoms with E-state index in [4.69, 9.17) is 10.8 Å². The summed E-state index contributed by atoms with van der Waals surface area (Å²) in [6.45, 7) is 2.53. The zero-order valence-electron chi connectivity index (χ0n) is 9.07. The van der Waals surface area contributed by atoms with E-state index in [9.17, 15) is 14.4 Å². The van der Waals surface area contributed by atoms with Crippen molar-refractivity contribution in [3.05, 3.63) is 0 Å². The molecular weight excluding hydrogens is 218 g/mol. The molecule has 0 aliphatic heterocycles. The van der Waals surface area contributed by atoms with Crippen molar-refractivity contribution >= 4 is 17.9 Å². The monoisotopic (exact) mass is 233 g/mol. The molecule has 0 aliphatic carbocycles. The van der Waals surface area contributed by atoms with Crippen LogP contribution in [0.4, 0.5) is 4.79 Å². The van der Waals surface area contributed by atoms with Crippen LogP contribution in [0, 0.1) is 0 Å². The average molecular weight is 233 g/mol. The smallest absolute Gasteiger partial charge is 0.339 e. The topological polar surface area (TPSA) is 131 Å². The van der Waals surface area contributed by atoms with E-state index < -0.39 is 30.1 Å². The first-order chi connectivity index (χ1) is 7.23. The Kier molecular flexibility index (Phi) is 5.23. The maximum absolute atomic E-state index is 11.1. The lowest BCUT2D eigenvalue weighted by Gasteiger charge is -2.24. The van der Waals surface area contributed by atoms with Gasteiger partial charge in [-0.05, 0) is 13.8 Å². The number of aliphatic carboxylic acids is 1. The number of amides is 3. The van der Waals surface area contributed by atoms with E-state index in [0.717, 1.165) is 0 Å². The third-order valence-corrected chi connectivity index (χ3v) is 1.43. The molecular formula is C8H15N3O5. The maximum Gasteiger partial charge on any atom is 0.339 e. The molecule has 5 N–H and O–H groups in total. The highest BCUT2D eigenvalue weighted by Gasteiger charge is 2.22. The number of carbonyl (C=O) groups is 3. The number of nitrogens with one attached hydrogen (secondary N) is 2. The summed E-state index contributed by atoms with van der Waals surface area (Å²) in [6.07, 6.45) is -0.0423. The Bertz CT molecular complexity index is 289. The summed E-state index contributed by atoms with van der Waals surface area (Å²) in [5.74, 6) is -1.77. The number of carboxylic acids is 1. The number of carboxylic acid groups (broad SMARTS) is 1. The van der Waals surface area contributed by atoms with E-state index in [1.807, 2.05) is 5.48 Å². The number of hydrogen-bond donors (Lipinski definition) is 4. The van der Waals surface area contributed by atoms with Gasteiger partial charge < -0.3 is 16.2 Å². The normalized spacial score (nSPS) is 10.6. The van der Waals surface area contributed by atoms with E-state index in [2.05, 4.69) is 10.2 Å². The lowest BCUT2D eigenvalue weighted by atomic mass is 10.0. The van der Waals surface area contributed by atoms with Crippen molar-refractivity contribution in [3.8, 4) is 0 Å². The number of urea groups is 1. The average Bonchev–Trinajstić information content (AvgIpc) is 1.98. The standard InChI is InChI=1S/C8H15N3O5/c1-8(2,3-5(9)12)10-7(15)11-16-4-6(13)14/h3-4H2,1-2H3,(H2,9,12)(H,13,14)(H2,10,11,15). The highest BCUT2D eigenvalue weighted by atomic mass is 16.7. The number of nitrogens with two attached hydrogens (primary N) is 1. The van der Waals surface area contributed by atoms with Gasteiger partial charge in [-0.15, -0.1) is 0 Å². The Labute approximate surface area is 92.1 Å². The zero-order chi connectivity index (χ0) is 12.8. The van der Waals surface area contributed by atoms with Crippen LogP contribution in [-0.4, -0.2) is 35.2 Å². The molecule has 92 valence electrons. The molecule has 3 amide bonds. The predicted octanol–water partition coefficient (Wildman–Crippen LogP) is -1.04. The predicted molar refractivity (Wildman–Crippen MR) is 53.1 cm³/mol. The zero-order valence-corrected chi connectivity index (χ0v) is 9.07. The molecule has 0 bridgehead atoms. The maximum atomic E-state index is 11.1. The Balaban J connectivity index is 3.94. The van der Waals surface area contributed by atoms with Gasteiger partial charge in [0.25, 0.3) is 0 Å². The van der Waals surface area contributed by atoms with Gasteiger partial charge in [0.2, 0.25) is 5.91 Å². The molecule has 0 aromatic heterocycles. The minimum Gasteiger partial charge on any atom is -0.479 e. The van der Waals surface area contributed by atoms with Crippen LogP contribution >= 0.6 is 0 Å². The van der Waals surface area contributed by atoms with Crippen molar-refractivity contribution in [1.82, 2.24) is 10.8 Å². The Hall–Kier alpha value is -1.83. The molecule has 0 rings (SSSR count). The molecule has 16 heavy (non-hydrogen) atoms. The number of rotatable bonds is 6. The van der Waals surface area contributed by atoms with Gasteiger partial charge in [0.05, 0.1) is 0 Å². The molecule has 0 atom stereocenters. The van der Waals surface area contributed by atoms with Crippen LogP contribution in [0.1, 0.15) is 20.3 Å². The summed E-state index contributed by atoms with van der Waals surface area (Å²) >= 11 is 0. The first-order valence-corrected chi connectivity index (χ1v) is 4.43. The number of carbonyl (C=O) groups excluding carboxylic acids is 2. The minimum absolute atomic E-state index is 0.0423. The van der Waals surface area contributed by atoms with E-state index in [0.29, 0.717) is 0 Å². The first-order valence-electron chi connectivity index (χ1n) is 4.43. The van der Waals surface area contributed by atoms with Crippen molar-refractivity contribution in [2.45, 2.75) is 25.8 Å². The second kappa shape index (κ2) is 5.91. The molecule has 0 fully saturated rings. The number of primary amides is 1. The van der Waals surface area contributed by atoms with E-state index >= 15 is 0 Å². The molecule has 0 saturated carbocycles.